The van der Waals surface area contributed by atoms with Crippen LogP contribution in [0.4, 0.5) is 0 Å². The molecule has 6 fully saturated rings. The zero-order chi connectivity index (χ0) is 29.5. The van der Waals surface area contributed by atoms with Crippen LogP contribution in [0.15, 0.2) is 23.0 Å². The van der Waals surface area contributed by atoms with Gasteiger partial charge in [-0.3, -0.25) is 14.4 Å². The second-order valence-electron chi connectivity index (χ2n) is 13.9. The van der Waals surface area contributed by atoms with Gasteiger partial charge in [0.25, 0.3) is 0 Å². The molecule has 11 heteroatoms. The minimum absolute atomic E-state index is 0.0205. The van der Waals surface area contributed by atoms with Crippen LogP contribution in [-0.4, -0.2) is 82.1 Å². The first-order valence-electron chi connectivity index (χ1n) is 14.5. The lowest BCUT2D eigenvalue weighted by atomic mass is 9.33. The van der Waals surface area contributed by atoms with Crippen molar-refractivity contribution in [1.82, 2.24) is 0 Å². The molecule has 41 heavy (non-hydrogen) atoms. The van der Waals surface area contributed by atoms with Crippen molar-refractivity contribution in [3.05, 3.63) is 24.2 Å². The Kier molecular flexibility index (Phi) is 5.50. The van der Waals surface area contributed by atoms with Crippen LogP contribution >= 0.6 is 0 Å². The highest BCUT2D eigenvalue weighted by molar-refractivity contribution is 5.93. The van der Waals surface area contributed by atoms with Gasteiger partial charge in [-0.25, -0.2) is 0 Å². The topological polar surface area (TPSA) is 165 Å². The van der Waals surface area contributed by atoms with Gasteiger partial charge in [-0.05, 0) is 30.4 Å². The maximum absolute atomic E-state index is 15.0. The van der Waals surface area contributed by atoms with E-state index in [4.69, 9.17) is 23.4 Å². The maximum Gasteiger partial charge on any atom is 0.303 e. The summed E-state index contributed by atoms with van der Waals surface area (Å²) in [6, 6.07) is 1.84. The SMILES string of the molecule is CC(=O)O[C@@H]1C[C@H](O)[C@@]23CO[C@H](O)[C@]1(C)[C@H]2C[C@H](O)[C@]1(C)[C@H]3C(=O)[C@H](OC(C)=O)[C@@]2(C)[C@H](c3ccoc3)C[C@H]3O[C@]321. The first-order chi connectivity index (χ1) is 19.2. The molecule has 4 saturated carbocycles. The molecule has 2 bridgehead atoms. The molecule has 0 amide bonds. The van der Waals surface area contributed by atoms with E-state index >= 15 is 4.79 Å². The van der Waals surface area contributed by atoms with Crippen molar-refractivity contribution in [3.63, 3.8) is 0 Å². The predicted molar refractivity (Wildman–Crippen MR) is 137 cm³/mol. The Morgan fingerprint density at radius 1 is 0.976 bits per heavy atom. The number of ether oxygens (including phenoxy) is 4. The second kappa shape index (κ2) is 8.19. The summed E-state index contributed by atoms with van der Waals surface area (Å²) in [5, 5.41) is 35.4. The van der Waals surface area contributed by atoms with E-state index in [-0.39, 0.29) is 31.5 Å². The Hall–Kier alpha value is -2.31. The van der Waals surface area contributed by atoms with Gasteiger partial charge in [0.05, 0.1) is 48.3 Å². The first-order valence-corrected chi connectivity index (χ1v) is 14.5. The van der Waals surface area contributed by atoms with E-state index in [1.807, 2.05) is 19.9 Å². The maximum atomic E-state index is 15.0. The number of ketones is 1. The van der Waals surface area contributed by atoms with Gasteiger partial charge in [0.1, 0.15) is 11.7 Å². The highest BCUT2D eigenvalue weighted by Gasteiger charge is 2.92. The summed E-state index contributed by atoms with van der Waals surface area (Å²) in [5.74, 6) is -3.56. The summed E-state index contributed by atoms with van der Waals surface area (Å²) >= 11 is 0. The molecule has 6 aliphatic rings. The normalized spacial score (nSPS) is 54.7. The average molecular weight is 575 g/mol. The van der Waals surface area contributed by atoms with Crippen LogP contribution in [0.25, 0.3) is 0 Å². The molecule has 0 radical (unpaired) electrons. The number of rotatable bonds is 3. The standard InChI is InChI=1S/C30H38O11/c1-13(31)39-20-10-19(34)29-12-38-25(36)26(20,3)17(29)9-18(33)28(5)23(29)22(35)24(40-14(2)32)27(4)16(15-6-7-37-11-15)8-21-30(27,28)41-21/h6-7,11,16-21,23-25,33-34,36H,8-10,12H2,1-5H3/t16-,17+,18-,19-,20+,21+,23+,24-,25-,26+,27+,28+,29+,30+/m0/s1. The van der Waals surface area contributed by atoms with Gasteiger partial charge in [-0.15, -0.1) is 0 Å². The van der Waals surface area contributed by atoms with Crippen molar-refractivity contribution in [2.24, 2.45) is 33.5 Å². The number of epoxide rings is 1. The van der Waals surface area contributed by atoms with Crippen LogP contribution in [0.5, 0.6) is 0 Å². The molecular formula is C30H38O11. The number of Topliss-reactive ketones (excluding diaryl/α,β-unsaturated/α-hetero) is 1. The fourth-order valence-electron chi connectivity index (χ4n) is 11.0. The van der Waals surface area contributed by atoms with Crippen molar-refractivity contribution in [2.75, 3.05) is 6.61 Å². The molecule has 0 aromatic carbocycles. The molecule has 7 rings (SSSR count). The van der Waals surface area contributed by atoms with Crippen molar-refractivity contribution < 1.29 is 53.1 Å². The molecule has 0 unspecified atom stereocenters. The van der Waals surface area contributed by atoms with Crippen LogP contribution in [-0.2, 0) is 33.3 Å². The Balaban J connectivity index is 1.44. The lowest BCUT2D eigenvalue weighted by molar-refractivity contribution is -0.373. The molecule has 3 heterocycles. The number of carbonyl (C=O) groups excluding carboxylic acids is 3. The van der Waals surface area contributed by atoms with Crippen LogP contribution in [0.2, 0.25) is 0 Å². The summed E-state index contributed by atoms with van der Waals surface area (Å²) in [6.45, 7) is 7.85. The fourth-order valence-corrected chi connectivity index (χ4v) is 11.0. The van der Waals surface area contributed by atoms with Crippen LogP contribution in [0, 0.1) is 33.5 Å². The molecule has 3 N–H and O–H groups in total. The average Bonchev–Trinajstić information content (AvgIpc) is 3.26. The van der Waals surface area contributed by atoms with E-state index in [9.17, 15) is 24.9 Å². The molecule has 14 atom stereocenters. The first kappa shape index (κ1) is 27.5. The molecule has 2 saturated heterocycles. The highest BCUT2D eigenvalue weighted by Crippen LogP contribution is 2.82. The summed E-state index contributed by atoms with van der Waals surface area (Å²) in [7, 11) is 0. The van der Waals surface area contributed by atoms with Gasteiger partial charge in [-0.2, -0.15) is 0 Å². The van der Waals surface area contributed by atoms with Crippen molar-refractivity contribution in [3.8, 4) is 0 Å². The number of aliphatic hydroxyl groups excluding tert-OH is 3. The van der Waals surface area contributed by atoms with E-state index in [1.165, 1.54) is 13.8 Å². The monoisotopic (exact) mass is 574 g/mol. The molecule has 1 aromatic heterocycles. The third-order valence-electron chi connectivity index (χ3n) is 12.6. The van der Waals surface area contributed by atoms with Crippen LogP contribution in [0.3, 0.4) is 0 Å². The fraction of sp³-hybridized carbons (Fsp3) is 0.767. The van der Waals surface area contributed by atoms with Gasteiger partial charge >= 0.3 is 11.9 Å². The van der Waals surface area contributed by atoms with Crippen molar-refractivity contribution in [1.29, 1.82) is 0 Å². The molecule has 4 aliphatic carbocycles. The summed E-state index contributed by atoms with van der Waals surface area (Å²) < 4.78 is 29.5. The number of aliphatic hydroxyl groups is 3. The summed E-state index contributed by atoms with van der Waals surface area (Å²) in [6.07, 6.45) is -2.27. The van der Waals surface area contributed by atoms with E-state index < -0.39 is 87.5 Å². The number of esters is 2. The van der Waals surface area contributed by atoms with Gasteiger partial charge in [0.15, 0.2) is 18.2 Å². The number of hydrogen-bond acceptors (Lipinski definition) is 11. The number of hydrogen-bond donors (Lipinski definition) is 3. The number of fused-ring (bicyclic) bond motifs is 1. The summed E-state index contributed by atoms with van der Waals surface area (Å²) in [5.41, 5.74) is -4.93. The molecule has 2 aliphatic heterocycles. The third kappa shape index (κ3) is 2.85. The Labute approximate surface area is 237 Å². The zero-order valence-electron chi connectivity index (χ0n) is 23.9. The minimum Gasteiger partial charge on any atom is -0.472 e. The molecular weight excluding hydrogens is 536 g/mol. The minimum atomic E-state index is -1.36. The van der Waals surface area contributed by atoms with Crippen LogP contribution < -0.4 is 0 Å². The van der Waals surface area contributed by atoms with Gasteiger partial charge in [0, 0.05) is 42.9 Å². The van der Waals surface area contributed by atoms with E-state index in [2.05, 4.69) is 0 Å². The molecule has 11 nitrogen and oxygen atoms in total. The Bertz CT molecular complexity index is 1310. The number of carbonyl (C=O) groups is 3. The lowest BCUT2D eigenvalue weighted by Gasteiger charge is -2.73. The van der Waals surface area contributed by atoms with E-state index in [0.29, 0.717) is 6.42 Å². The number of furan rings is 1. The smallest absolute Gasteiger partial charge is 0.303 e. The molecule has 1 spiro atoms. The van der Waals surface area contributed by atoms with E-state index in [0.717, 1.165) is 5.56 Å². The summed E-state index contributed by atoms with van der Waals surface area (Å²) in [4.78, 5) is 39.7. The highest BCUT2D eigenvalue weighted by atomic mass is 16.6. The molecule has 1 aromatic rings. The largest absolute Gasteiger partial charge is 0.472 e. The van der Waals surface area contributed by atoms with E-state index in [1.54, 1.807) is 19.5 Å². The Morgan fingerprint density at radius 3 is 2.32 bits per heavy atom. The zero-order valence-corrected chi connectivity index (χ0v) is 23.9. The van der Waals surface area contributed by atoms with Crippen molar-refractivity contribution >= 4 is 17.7 Å². The van der Waals surface area contributed by atoms with Gasteiger partial charge < -0.3 is 38.7 Å². The third-order valence-corrected chi connectivity index (χ3v) is 12.6. The van der Waals surface area contributed by atoms with Gasteiger partial charge in [-0.1, -0.05) is 20.8 Å². The second-order valence-corrected chi connectivity index (χ2v) is 13.9. The molecule has 224 valence electrons. The Morgan fingerprint density at radius 2 is 1.68 bits per heavy atom. The van der Waals surface area contributed by atoms with Crippen LogP contribution in [0.1, 0.15) is 65.4 Å². The predicted octanol–water partition coefficient (Wildman–Crippen LogP) is 1.47. The quantitative estimate of drug-likeness (QED) is 0.354. The van der Waals surface area contributed by atoms with Gasteiger partial charge in [0.2, 0.25) is 0 Å². The lowest BCUT2D eigenvalue weighted by Crippen LogP contribution is -2.82. The van der Waals surface area contributed by atoms with Crippen molar-refractivity contribution in [2.45, 2.75) is 102 Å².